The Morgan fingerprint density at radius 1 is 1.62 bits per heavy atom. The summed E-state index contributed by atoms with van der Waals surface area (Å²) in [6, 6.07) is 4.31. The molecule has 0 aromatic heterocycles. The molecule has 0 aliphatic heterocycles. The van der Waals surface area contributed by atoms with Gasteiger partial charge in [-0.3, -0.25) is 0 Å². The maximum Gasteiger partial charge on any atom is 0.336 e. The number of halogens is 1. The van der Waals surface area contributed by atoms with Gasteiger partial charge in [0.1, 0.15) is 0 Å². The van der Waals surface area contributed by atoms with Gasteiger partial charge in [-0.05, 0) is 23.7 Å². The van der Waals surface area contributed by atoms with Crippen LogP contribution in [0.1, 0.15) is 15.9 Å². The van der Waals surface area contributed by atoms with Gasteiger partial charge in [-0.15, -0.1) is 0 Å². The zero-order chi connectivity index (χ0) is 12.0. The van der Waals surface area contributed by atoms with E-state index in [-0.39, 0.29) is 12.1 Å². The topological polar surface area (TPSA) is 86.1 Å². The number of rotatable bonds is 2. The predicted octanol–water partition coefficient (Wildman–Crippen LogP) is 2.70. The molecule has 0 saturated heterocycles. The fourth-order valence-corrected chi connectivity index (χ4v) is 1.18. The van der Waals surface area contributed by atoms with Crippen molar-refractivity contribution in [1.29, 1.82) is 0 Å². The molecule has 16 heavy (non-hydrogen) atoms. The van der Waals surface area contributed by atoms with E-state index in [9.17, 15) is 4.79 Å². The first kappa shape index (κ1) is 11.9. The maximum absolute atomic E-state index is 10.8. The summed E-state index contributed by atoms with van der Waals surface area (Å²) in [5.74, 6) is 4.04. The normalized spacial score (nSPS) is 8.56. The first-order valence-electron chi connectivity index (χ1n) is 4.17. The second-order valence-electron chi connectivity index (χ2n) is 2.69. The van der Waals surface area contributed by atoms with Gasteiger partial charge in [-0.2, -0.15) is 0 Å². The zero-order valence-corrected chi connectivity index (χ0v) is 8.77. The molecule has 5 nitrogen and oxygen atoms in total. The number of nitrogens with zero attached hydrogens (tertiary/aromatic N) is 3. The quantitative estimate of drug-likeness (QED) is 0.370. The van der Waals surface area contributed by atoms with E-state index in [0.29, 0.717) is 10.6 Å². The molecule has 0 saturated carbocycles. The molecule has 0 aliphatic rings. The highest BCUT2D eigenvalue weighted by atomic mass is 35.5. The molecule has 1 aromatic carbocycles. The summed E-state index contributed by atoms with van der Waals surface area (Å²) in [6.45, 7) is -0.0118. The van der Waals surface area contributed by atoms with Crippen molar-refractivity contribution in [2.75, 3.05) is 6.54 Å². The van der Waals surface area contributed by atoms with Gasteiger partial charge in [0.25, 0.3) is 0 Å². The minimum Gasteiger partial charge on any atom is -0.478 e. The Morgan fingerprint density at radius 2 is 2.38 bits per heavy atom. The van der Waals surface area contributed by atoms with Crippen molar-refractivity contribution in [2.45, 2.75) is 0 Å². The van der Waals surface area contributed by atoms with Gasteiger partial charge in [0.15, 0.2) is 0 Å². The van der Waals surface area contributed by atoms with Crippen LogP contribution in [0.15, 0.2) is 23.3 Å². The van der Waals surface area contributed by atoms with E-state index in [2.05, 4.69) is 21.9 Å². The summed E-state index contributed by atoms with van der Waals surface area (Å²) in [6.07, 6.45) is 0. The minimum atomic E-state index is -1.08. The number of hydrogen-bond donors (Lipinski definition) is 1. The van der Waals surface area contributed by atoms with Crippen molar-refractivity contribution >= 4 is 17.6 Å². The average molecular weight is 236 g/mol. The third-order valence-corrected chi connectivity index (χ3v) is 1.88. The van der Waals surface area contributed by atoms with Gasteiger partial charge in [0.05, 0.1) is 12.1 Å². The SMILES string of the molecule is [N-]=[N+]=NCC#Cc1cc(Cl)ccc1C(=O)O. The first-order chi connectivity index (χ1) is 7.65. The summed E-state index contributed by atoms with van der Waals surface area (Å²) in [7, 11) is 0. The Hall–Kier alpha value is -2.15. The van der Waals surface area contributed by atoms with Crippen LogP contribution in [0, 0.1) is 11.8 Å². The van der Waals surface area contributed by atoms with Crippen molar-refractivity contribution in [1.82, 2.24) is 0 Å². The Labute approximate surface area is 96.3 Å². The molecule has 0 radical (unpaired) electrons. The van der Waals surface area contributed by atoms with E-state index in [1.54, 1.807) is 0 Å². The predicted molar refractivity (Wildman–Crippen MR) is 59.3 cm³/mol. The van der Waals surface area contributed by atoms with E-state index in [0.717, 1.165) is 0 Å². The summed E-state index contributed by atoms with van der Waals surface area (Å²) < 4.78 is 0. The number of benzene rings is 1. The van der Waals surface area contributed by atoms with Crippen LogP contribution in [0.25, 0.3) is 10.4 Å². The fourth-order valence-electron chi connectivity index (χ4n) is 1.01. The minimum absolute atomic E-state index is 0.0118. The summed E-state index contributed by atoms with van der Waals surface area (Å²) in [5, 5.41) is 12.5. The molecule has 6 heteroatoms. The Bertz CT molecular complexity index is 525. The molecule has 80 valence electrons. The summed E-state index contributed by atoms with van der Waals surface area (Å²) in [4.78, 5) is 13.4. The smallest absolute Gasteiger partial charge is 0.336 e. The molecule has 0 atom stereocenters. The lowest BCUT2D eigenvalue weighted by atomic mass is 10.1. The number of carboxylic acids is 1. The van der Waals surface area contributed by atoms with Crippen LogP contribution in [0.3, 0.4) is 0 Å². The number of aromatic carboxylic acids is 1. The standard InChI is InChI=1S/C10H6ClN3O2/c11-8-3-4-9(10(15)16)7(6-8)2-1-5-13-14-12/h3-4,6H,5H2,(H,15,16). The molecule has 0 heterocycles. The average Bonchev–Trinajstić information content (AvgIpc) is 2.24. The van der Waals surface area contributed by atoms with Gasteiger partial charge in [0.2, 0.25) is 0 Å². The van der Waals surface area contributed by atoms with Crippen LogP contribution >= 0.6 is 11.6 Å². The van der Waals surface area contributed by atoms with Gasteiger partial charge in [-0.25, -0.2) is 4.79 Å². The van der Waals surface area contributed by atoms with E-state index in [4.69, 9.17) is 22.2 Å². The Kier molecular flexibility index (Phi) is 4.22. The molecule has 0 aliphatic carbocycles. The van der Waals surface area contributed by atoms with Gasteiger partial charge in [0, 0.05) is 15.5 Å². The highest BCUT2D eigenvalue weighted by molar-refractivity contribution is 6.30. The number of azide groups is 1. The first-order valence-corrected chi connectivity index (χ1v) is 4.55. The van der Waals surface area contributed by atoms with Crippen molar-refractivity contribution < 1.29 is 9.90 Å². The molecule has 1 N–H and O–H groups in total. The van der Waals surface area contributed by atoms with Crippen LogP contribution in [-0.2, 0) is 0 Å². The highest BCUT2D eigenvalue weighted by Crippen LogP contribution is 2.15. The summed E-state index contributed by atoms with van der Waals surface area (Å²) in [5.41, 5.74) is 8.39. The summed E-state index contributed by atoms with van der Waals surface area (Å²) >= 11 is 5.72. The van der Waals surface area contributed by atoms with E-state index >= 15 is 0 Å². The van der Waals surface area contributed by atoms with E-state index < -0.39 is 5.97 Å². The maximum atomic E-state index is 10.8. The van der Waals surface area contributed by atoms with Crippen LogP contribution in [0.4, 0.5) is 0 Å². The highest BCUT2D eigenvalue weighted by Gasteiger charge is 2.07. The van der Waals surface area contributed by atoms with Gasteiger partial charge >= 0.3 is 5.97 Å². The number of carboxylic acid groups (broad SMARTS) is 1. The molecule has 0 spiro atoms. The third kappa shape index (κ3) is 3.21. The van der Waals surface area contributed by atoms with Gasteiger partial charge in [-0.1, -0.05) is 28.6 Å². The Morgan fingerprint density at radius 3 is 3.00 bits per heavy atom. The van der Waals surface area contributed by atoms with Crippen molar-refractivity contribution in [3.05, 3.63) is 44.8 Å². The van der Waals surface area contributed by atoms with Crippen LogP contribution in [0.5, 0.6) is 0 Å². The molecular weight excluding hydrogens is 230 g/mol. The molecule has 0 bridgehead atoms. The Balaban J connectivity index is 3.08. The molecule has 0 fully saturated rings. The van der Waals surface area contributed by atoms with E-state index in [1.165, 1.54) is 18.2 Å². The fraction of sp³-hybridized carbons (Fsp3) is 0.100. The number of carbonyl (C=O) groups is 1. The lowest BCUT2D eigenvalue weighted by Crippen LogP contribution is -1.99. The number of hydrogen-bond acceptors (Lipinski definition) is 2. The molecular formula is C10H6ClN3O2. The third-order valence-electron chi connectivity index (χ3n) is 1.65. The second kappa shape index (κ2) is 5.66. The lowest BCUT2D eigenvalue weighted by molar-refractivity contribution is 0.0696. The lowest BCUT2D eigenvalue weighted by Gasteiger charge is -1.98. The monoisotopic (exact) mass is 235 g/mol. The van der Waals surface area contributed by atoms with Crippen molar-refractivity contribution in [2.24, 2.45) is 5.11 Å². The van der Waals surface area contributed by atoms with Crippen molar-refractivity contribution in [3.63, 3.8) is 0 Å². The van der Waals surface area contributed by atoms with Crippen LogP contribution in [0.2, 0.25) is 5.02 Å². The zero-order valence-electron chi connectivity index (χ0n) is 8.01. The van der Waals surface area contributed by atoms with Crippen molar-refractivity contribution in [3.8, 4) is 11.8 Å². The van der Waals surface area contributed by atoms with E-state index in [1.807, 2.05) is 0 Å². The van der Waals surface area contributed by atoms with Crippen LogP contribution < -0.4 is 0 Å². The molecule has 1 rings (SSSR count). The largest absolute Gasteiger partial charge is 0.478 e. The molecule has 0 amide bonds. The molecule has 1 aromatic rings. The molecule has 0 unspecified atom stereocenters. The van der Waals surface area contributed by atoms with Crippen LogP contribution in [-0.4, -0.2) is 17.6 Å². The second-order valence-corrected chi connectivity index (χ2v) is 3.12. The van der Waals surface area contributed by atoms with Gasteiger partial charge < -0.3 is 5.11 Å².